The number of nitrogens with one attached hydrogen (secondary N) is 1. The topological polar surface area (TPSA) is 69.6 Å². The van der Waals surface area contributed by atoms with E-state index in [2.05, 4.69) is 26.1 Å². The summed E-state index contributed by atoms with van der Waals surface area (Å²) in [4.78, 5) is 12.5. The average Bonchev–Trinajstić information content (AvgIpc) is 2.89. The first-order valence-corrected chi connectivity index (χ1v) is 7.57. The number of fused-ring (bicyclic) bond motifs is 2. The Balaban J connectivity index is 1.83. The second kappa shape index (κ2) is 4.39. The number of aromatic hydroxyl groups is 2. The van der Waals surface area contributed by atoms with Crippen molar-refractivity contribution in [2.24, 2.45) is 16.7 Å². The van der Waals surface area contributed by atoms with Crippen LogP contribution >= 0.6 is 0 Å². The monoisotopic (exact) mass is 289 g/mol. The van der Waals surface area contributed by atoms with Gasteiger partial charge in [0.05, 0.1) is 0 Å². The molecule has 2 bridgehead atoms. The van der Waals surface area contributed by atoms with Gasteiger partial charge >= 0.3 is 0 Å². The fourth-order valence-electron chi connectivity index (χ4n) is 4.54. The molecule has 1 aromatic carbocycles. The number of carbonyl (C=O) groups is 1. The van der Waals surface area contributed by atoms with E-state index < -0.39 is 0 Å². The van der Waals surface area contributed by atoms with Crippen LogP contribution in [0, 0.1) is 16.7 Å². The maximum atomic E-state index is 12.5. The molecule has 3 unspecified atom stereocenters. The highest BCUT2D eigenvalue weighted by Crippen LogP contribution is 2.62. The summed E-state index contributed by atoms with van der Waals surface area (Å²) in [7, 11) is 0. The SMILES string of the molecule is CC12CCC(C1)C(C)(C)C2NC(=O)c1ccc(O)c(O)c1. The molecule has 2 aliphatic carbocycles. The summed E-state index contributed by atoms with van der Waals surface area (Å²) in [5.41, 5.74) is 0.650. The molecule has 4 nitrogen and oxygen atoms in total. The first kappa shape index (κ1) is 14.2. The van der Waals surface area contributed by atoms with Crippen molar-refractivity contribution in [1.82, 2.24) is 5.32 Å². The number of hydrogen-bond donors (Lipinski definition) is 3. The van der Waals surface area contributed by atoms with Crippen LogP contribution in [-0.2, 0) is 0 Å². The van der Waals surface area contributed by atoms with Crippen molar-refractivity contribution in [2.45, 2.75) is 46.1 Å². The summed E-state index contributed by atoms with van der Waals surface area (Å²) in [6, 6.07) is 4.34. The first-order valence-electron chi connectivity index (χ1n) is 7.57. The van der Waals surface area contributed by atoms with Gasteiger partial charge in [0.15, 0.2) is 11.5 Å². The molecule has 3 atom stereocenters. The van der Waals surface area contributed by atoms with E-state index in [0.29, 0.717) is 11.5 Å². The van der Waals surface area contributed by atoms with Crippen LogP contribution < -0.4 is 5.32 Å². The number of phenolic OH excluding ortho intramolecular Hbond substituents is 2. The Morgan fingerprint density at radius 3 is 2.52 bits per heavy atom. The molecule has 2 saturated carbocycles. The Morgan fingerprint density at radius 1 is 1.24 bits per heavy atom. The first-order chi connectivity index (χ1) is 9.74. The van der Waals surface area contributed by atoms with E-state index in [9.17, 15) is 15.0 Å². The van der Waals surface area contributed by atoms with Crippen molar-refractivity contribution < 1.29 is 15.0 Å². The maximum Gasteiger partial charge on any atom is 0.251 e. The molecular formula is C17H23NO3. The van der Waals surface area contributed by atoms with E-state index in [1.165, 1.54) is 31.0 Å². The third-order valence-corrected chi connectivity index (χ3v) is 5.78. The van der Waals surface area contributed by atoms with Crippen LogP contribution in [0.4, 0.5) is 0 Å². The van der Waals surface area contributed by atoms with E-state index in [1.807, 2.05) is 0 Å². The zero-order valence-corrected chi connectivity index (χ0v) is 12.8. The lowest BCUT2D eigenvalue weighted by atomic mass is 9.68. The summed E-state index contributed by atoms with van der Waals surface area (Å²) >= 11 is 0. The molecule has 2 fully saturated rings. The summed E-state index contributed by atoms with van der Waals surface area (Å²) in [5, 5.41) is 22.0. The van der Waals surface area contributed by atoms with E-state index in [1.54, 1.807) is 0 Å². The second-order valence-electron chi connectivity index (χ2n) is 7.53. The molecule has 0 heterocycles. The molecule has 0 aliphatic heterocycles. The lowest BCUT2D eigenvalue weighted by molar-refractivity contribution is 0.0737. The number of phenols is 2. The van der Waals surface area contributed by atoms with Gasteiger partial charge in [0, 0.05) is 11.6 Å². The number of hydrogen-bond acceptors (Lipinski definition) is 3. The highest BCUT2D eigenvalue weighted by Gasteiger charge is 2.59. The van der Waals surface area contributed by atoms with E-state index in [4.69, 9.17) is 0 Å². The Bertz CT molecular complexity index is 591. The minimum Gasteiger partial charge on any atom is -0.504 e. The van der Waals surface area contributed by atoms with Gasteiger partial charge in [-0.15, -0.1) is 0 Å². The van der Waals surface area contributed by atoms with Gasteiger partial charge in [0.25, 0.3) is 5.91 Å². The van der Waals surface area contributed by atoms with Crippen LogP contribution in [0.15, 0.2) is 18.2 Å². The van der Waals surface area contributed by atoms with Crippen LogP contribution in [-0.4, -0.2) is 22.2 Å². The third-order valence-electron chi connectivity index (χ3n) is 5.78. The summed E-state index contributed by atoms with van der Waals surface area (Å²) in [6.07, 6.45) is 3.58. The molecule has 114 valence electrons. The quantitative estimate of drug-likeness (QED) is 0.733. The van der Waals surface area contributed by atoms with Crippen molar-refractivity contribution in [2.75, 3.05) is 0 Å². The summed E-state index contributed by atoms with van der Waals surface area (Å²) in [5.74, 6) is 0.0120. The van der Waals surface area contributed by atoms with Crippen LogP contribution in [0.1, 0.15) is 50.4 Å². The Labute approximate surface area is 125 Å². The predicted octanol–water partition coefficient (Wildman–Crippen LogP) is 3.04. The lowest BCUT2D eigenvalue weighted by Crippen LogP contribution is -2.52. The number of amides is 1. The van der Waals surface area contributed by atoms with Gasteiger partial charge in [0.2, 0.25) is 0 Å². The van der Waals surface area contributed by atoms with Gasteiger partial charge in [-0.1, -0.05) is 20.8 Å². The standard InChI is InChI=1S/C17H23NO3/c1-16(2)11-6-7-17(3,9-11)15(16)18-14(21)10-4-5-12(19)13(20)8-10/h4-5,8,11,15,19-20H,6-7,9H2,1-3H3,(H,18,21). The highest BCUT2D eigenvalue weighted by molar-refractivity contribution is 5.95. The second-order valence-corrected chi connectivity index (χ2v) is 7.53. The van der Waals surface area contributed by atoms with Crippen molar-refractivity contribution in [3.8, 4) is 11.5 Å². The Kier molecular flexibility index (Phi) is 2.98. The van der Waals surface area contributed by atoms with Crippen LogP contribution in [0.25, 0.3) is 0 Å². The minimum atomic E-state index is -0.263. The molecule has 4 heteroatoms. The van der Waals surface area contributed by atoms with Crippen molar-refractivity contribution in [1.29, 1.82) is 0 Å². The van der Waals surface area contributed by atoms with Crippen LogP contribution in [0.3, 0.4) is 0 Å². The van der Waals surface area contributed by atoms with Gasteiger partial charge in [-0.05, 0) is 54.2 Å². The van der Waals surface area contributed by atoms with E-state index >= 15 is 0 Å². The normalized spacial score (nSPS) is 33.1. The van der Waals surface area contributed by atoms with Gasteiger partial charge in [-0.2, -0.15) is 0 Å². The number of benzene rings is 1. The smallest absolute Gasteiger partial charge is 0.251 e. The van der Waals surface area contributed by atoms with Gasteiger partial charge in [-0.3, -0.25) is 4.79 Å². The molecular weight excluding hydrogens is 266 g/mol. The van der Waals surface area contributed by atoms with Gasteiger partial charge in [-0.25, -0.2) is 0 Å². The molecule has 0 radical (unpaired) electrons. The zero-order valence-electron chi connectivity index (χ0n) is 12.8. The van der Waals surface area contributed by atoms with Crippen molar-refractivity contribution in [3.05, 3.63) is 23.8 Å². The summed E-state index contributed by atoms with van der Waals surface area (Å²) in [6.45, 7) is 6.74. The molecule has 0 saturated heterocycles. The Morgan fingerprint density at radius 2 is 1.95 bits per heavy atom. The van der Waals surface area contributed by atoms with Gasteiger partial charge < -0.3 is 15.5 Å². The highest BCUT2D eigenvalue weighted by atomic mass is 16.3. The van der Waals surface area contributed by atoms with Crippen molar-refractivity contribution >= 4 is 5.91 Å². The molecule has 1 amide bonds. The number of rotatable bonds is 2. The van der Waals surface area contributed by atoms with Crippen LogP contribution in [0.2, 0.25) is 0 Å². The maximum absolute atomic E-state index is 12.5. The summed E-state index contributed by atoms with van der Waals surface area (Å²) < 4.78 is 0. The molecule has 2 aliphatic rings. The molecule has 1 aromatic rings. The van der Waals surface area contributed by atoms with Crippen molar-refractivity contribution in [3.63, 3.8) is 0 Å². The lowest BCUT2D eigenvalue weighted by Gasteiger charge is -2.43. The number of carbonyl (C=O) groups excluding carboxylic acids is 1. The fraction of sp³-hybridized carbons (Fsp3) is 0.588. The zero-order chi connectivity index (χ0) is 15.4. The fourth-order valence-corrected chi connectivity index (χ4v) is 4.54. The predicted molar refractivity (Wildman–Crippen MR) is 80.3 cm³/mol. The molecule has 3 rings (SSSR count). The Hall–Kier alpha value is -1.71. The van der Waals surface area contributed by atoms with Gasteiger partial charge in [0.1, 0.15) is 0 Å². The van der Waals surface area contributed by atoms with E-state index in [0.717, 1.165) is 6.42 Å². The molecule has 0 aromatic heterocycles. The average molecular weight is 289 g/mol. The van der Waals surface area contributed by atoms with Crippen LogP contribution in [0.5, 0.6) is 11.5 Å². The van der Waals surface area contributed by atoms with E-state index in [-0.39, 0.29) is 34.3 Å². The molecule has 3 N–H and O–H groups in total. The largest absolute Gasteiger partial charge is 0.504 e. The third kappa shape index (κ3) is 2.08. The molecule has 21 heavy (non-hydrogen) atoms. The molecule has 0 spiro atoms. The minimum absolute atomic E-state index is 0.0988.